The molecule has 2 aliphatic rings. The number of rotatable bonds is 10. The lowest BCUT2D eigenvalue weighted by Crippen LogP contribution is -2.67. The van der Waals surface area contributed by atoms with Crippen LogP contribution in [0.3, 0.4) is 0 Å². The van der Waals surface area contributed by atoms with Crippen LogP contribution in [0.25, 0.3) is 0 Å². The van der Waals surface area contributed by atoms with Crippen LogP contribution in [0, 0.1) is 0 Å². The van der Waals surface area contributed by atoms with Gasteiger partial charge in [-0.1, -0.05) is 6.08 Å². The number of hydrogen-bond donors (Lipinski definition) is 9. The number of aromatic nitrogens is 2. The van der Waals surface area contributed by atoms with Gasteiger partial charge in [0.2, 0.25) is 11.8 Å². The number of aliphatic hydroxyl groups is 4. The summed E-state index contributed by atoms with van der Waals surface area (Å²) >= 11 is 0. The van der Waals surface area contributed by atoms with Gasteiger partial charge in [-0.25, -0.2) is 14.4 Å². The van der Waals surface area contributed by atoms with E-state index in [0.717, 1.165) is 17.2 Å². The summed E-state index contributed by atoms with van der Waals surface area (Å²) in [5.41, 5.74) is 9.05. The molecule has 1 aromatic heterocycles. The molecule has 4 unspecified atom stereocenters. The zero-order valence-electron chi connectivity index (χ0n) is 21.4. The van der Waals surface area contributed by atoms with E-state index in [9.17, 15) is 54.3 Å². The van der Waals surface area contributed by atoms with E-state index in [1.165, 1.54) is 6.08 Å². The van der Waals surface area contributed by atoms with Crippen LogP contribution in [-0.4, -0.2) is 126 Å². The Morgan fingerprint density at radius 3 is 2.46 bits per heavy atom. The third-order valence-electron chi connectivity index (χ3n) is 6.66. The Kier molecular flexibility index (Phi) is 9.63. The summed E-state index contributed by atoms with van der Waals surface area (Å²) in [4.78, 5) is 75.5. The van der Waals surface area contributed by atoms with Gasteiger partial charge in [-0.3, -0.25) is 23.9 Å². The molecule has 0 radical (unpaired) electrons. The van der Waals surface area contributed by atoms with Gasteiger partial charge < -0.3 is 56.7 Å². The molecule has 3 rings (SSSR count). The molecule has 3 amide bonds. The molecular formula is C22H30N6O13. The minimum absolute atomic E-state index is 0.176. The van der Waals surface area contributed by atoms with Gasteiger partial charge in [-0.15, -0.1) is 0 Å². The van der Waals surface area contributed by atoms with Gasteiger partial charge in [-0.2, -0.15) is 0 Å². The Morgan fingerprint density at radius 2 is 1.90 bits per heavy atom. The van der Waals surface area contributed by atoms with E-state index in [1.807, 2.05) is 4.98 Å². The van der Waals surface area contributed by atoms with Crippen molar-refractivity contribution >= 4 is 23.9 Å². The Morgan fingerprint density at radius 1 is 1.24 bits per heavy atom. The molecule has 11 N–H and O–H groups in total. The van der Waals surface area contributed by atoms with Gasteiger partial charge >= 0.3 is 17.8 Å². The molecule has 0 aromatic carbocycles. The van der Waals surface area contributed by atoms with Crippen molar-refractivity contribution in [2.75, 3.05) is 13.2 Å². The number of nitrogens with one attached hydrogen (secondary N) is 2. The summed E-state index contributed by atoms with van der Waals surface area (Å²) in [6.45, 7) is 0.531. The number of carboxylic acids is 1. The van der Waals surface area contributed by atoms with Gasteiger partial charge in [0.15, 0.2) is 12.3 Å². The van der Waals surface area contributed by atoms with Gasteiger partial charge in [0.05, 0.1) is 0 Å². The second kappa shape index (κ2) is 12.6. The molecule has 0 bridgehead atoms. The number of ether oxygens (including phenoxy) is 2. The maximum Gasteiger partial charge on any atom is 0.404 e. The Labute approximate surface area is 229 Å². The number of primary amides is 1. The van der Waals surface area contributed by atoms with Crippen LogP contribution < -0.4 is 28.0 Å². The van der Waals surface area contributed by atoms with Crippen molar-refractivity contribution in [1.82, 2.24) is 19.8 Å². The monoisotopic (exact) mass is 586 g/mol. The van der Waals surface area contributed by atoms with Gasteiger partial charge in [0, 0.05) is 18.8 Å². The highest BCUT2D eigenvalue weighted by atomic mass is 16.6. The highest BCUT2D eigenvalue weighted by Crippen LogP contribution is 2.33. The molecule has 19 nitrogen and oxygen atoms in total. The molecule has 2 aliphatic heterocycles. The maximum atomic E-state index is 13.5. The lowest BCUT2D eigenvalue weighted by atomic mass is 9.92. The van der Waals surface area contributed by atoms with Crippen LogP contribution >= 0.6 is 0 Å². The van der Waals surface area contributed by atoms with Crippen molar-refractivity contribution in [1.29, 1.82) is 0 Å². The normalized spacial score (nSPS) is 27.8. The molecule has 226 valence electrons. The average molecular weight is 587 g/mol. The molecule has 3 heterocycles. The van der Waals surface area contributed by atoms with Crippen molar-refractivity contribution < 1.29 is 54.2 Å². The Bertz CT molecular complexity index is 1330. The highest BCUT2D eigenvalue weighted by molar-refractivity contribution is 5.95. The van der Waals surface area contributed by atoms with E-state index in [1.54, 1.807) is 6.92 Å². The van der Waals surface area contributed by atoms with Gasteiger partial charge in [0.1, 0.15) is 49.2 Å². The maximum absolute atomic E-state index is 13.5. The number of nitrogens with two attached hydrogens (primary N) is 2. The Balaban J connectivity index is 1.92. The topological polar surface area (TPSA) is 310 Å². The first-order valence-corrected chi connectivity index (χ1v) is 12.0. The predicted octanol–water partition coefficient (Wildman–Crippen LogP) is -5.97. The van der Waals surface area contributed by atoms with Crippen LogP contribution in [-0.2, 0) is 23.9 Å². The molecule has 2 saturated heterocycles. The zero-order valence-corrected chi connectivity index (χ0v) is 21.4. The van der Waals surface area contributed by atoms with Crippen molar-refractivity contribution in [3.63, 3.8) is 0 Å². The van der Waals surface area contributed by atoms with Crippen molar-refractivity contribution in [3.05, 3.63) is 44.8 Å². The number of aliphatic carboxylic acids is 1. The lowest BCUT2D eigenvalue weighted by molar-refractivity contribution is -0.157. The molecule has 0 saturated carbocycles. The van der Waals surface area contributed by atoms with Gasteiger partial charge in [-0.05, 0) is 12.5 Å². The standard InChI is InChI=1S/C22H30N6O13/c1-2-7-5-28(12(7)20(36)37)18(35)11(26-17(34)10(23)13(31)8(29)6-40-21(24)38)16-14(32)15(33)19(41-16)27-4-3-9(30)25-22(27)39/h2-4,8,10-16,19,29,31-33H,5-6,23H2,1H3,(H2,24,38)(H,26,34)(H,36,37)(H,25,30,39)/b7-2+/t8?,10?,11?,12-,13?,14-,15+,16+,19+/m0/s1. The van der Waals surface area contributed by atoms with Crippen LogP contribution in [0.15, 0.2) is 33.5 Å². The van der Waals surface area contributed by atoms with E-state index in [2.05, 4.69) is 10.1 Å². The summed E-state index contributed by atoms with van der Waals surface area (Å²) in [6.07, 6.45) is -10.2. The number of aliphatic hydroxyl groups excluding tert-OH is 4. The molecular weight excluding hydrogens is 556 g/mol. The third-order valence-corrected chi connectivity index (χ3v) is 6.66. The number of carbonyl (C=O) groups is 4. The van der Waals surface area contributed by atoms with E-state index in [0.29, 0.717) is 10.1 Å². The minimum atomic E-state index is -2.07. The van der Waals surface area contributed by atoms with E-state index in [4.69, 9.17) is 16.2 Å². The fourth-order valence-corrected chi connectivity index (χ4v) is 4.40. The Hall–Kier alpha value is -4.14. The summed E-state index contributed by atoms with van der Waals surface area (Å²) in [6, 6.07) is -4.44. The van der Waals surface area contributed by atoms with E-state index >= 15 is 0 Å². The van der Waals surface area contributed by atoms with E-state index < -0.39 is 96.6 Å². The smallest absolute Gasteiger partial charge is 0.404 e. The molecule has 1 aromatic rings. The summed E-state index contributed by atoms with van der Waals surface area (Å²) in [7, 11) is 0. The summed E-state index contributed by atoms with van der Waals surface area (Å²) in [5.74, 6) is -3.80. The van der Waals surface area contributed by atoms with E-state index in [-0.39, 0.29) is 6.54 Å². The molecule has 2 fully saturated rings. The molecule has 0 aliphatic carbocycles. The highest BCUT2D eigenvalue weighted by Gasteiger charge is 2.53. The average Bonchev–Trinajstić information content (AvgIpc) is 3.17. The lowest BCUT2D eigenvalue weighted by Gasteiger charge is -2.43. The number of carboxylic acid groups (broad SMARTS) is 1. The largest absolute Gasteiger partial charge is 0.479 e. The van der Waals surface area contributed by atoms with Crippen molar-refractivity contribution in [2.45, 2.75) is 61.8 Å². The third kappa shape index (κ3) is 6.45. The summed E-state index contributed by atoms with van der Waals surface area (Å²) in [5, 5.41) is 53.3. The van der Waals surface area contributed by atoms with Crippen LogP contribution in [0.1, 0.15) is 13.2 Å². The van der Waals surface area contributed by atoms with Crippen molar-refractivity contribution in [2.24, 2.45) is 11.5 Å². The first-order valence-electron chi connectivity index (χ1n) is 12.0. The number of hydrogen-bond acceptors (Lipinski definition) is 13. The predicted molar refractivity (Wildman–Crippen MR) is 132 cm³/mol. The van der Waals surface area contributed by atoms with Crippen LogP contribution in [0.2, 0.25) is 0 Å². The SMILES string of the molecule is C/C=C1\CN(C(=O)C(NC(=O)C(N)C(O)C(O)COC(N)=O)[C@H]2O[C@@H](n3ccc(=O)[nH]c3=O)[C@H](O)[C@@H]2O)[C@@H]1C(=O)O. The zero-order chi connectivity index (χ0) is 30.8. The van der Waals surface area contributed by atoms with Crippen LogP contribution in [0.5, 0.6) is 0 Å². The molecule has 41 heavy (non-hydrogen) atoms. The number of amides is 3. The number of H-pyrrole nitrogens is 1. The number of carbonyl (C=O) groups excluding carboxylic acids is 3. The number of aromatic amines is 1. The van der Waals surface area contributed by atoms with Crippen molar-refractivity contribution in [3.8, 4) is 0 Å². The molecule has 19 heteroatoms. The fraction of sp³-hybridized carbons (Fsp3) is 0.545. The molecule has 9 atom stereocenters. The van der Waals surface area contributed by atoms with Crippen LogP contribution in [0.4, 0.5) is 4.79 Å². The second-order valence-electron chi connectivity index (χ2n) is 9.26. The first-order chi connectivity index (χ1) is 19.2. The fourth-order valence-electron chi connectivity index (χ4n) is 4.40. The summed E-state index contributed by atoms with van der Waals surface area (Å²) < 4.78 is 10.7. The van der Waals surface area contributed by atoms with Gasteiger partial charge in [0.25, 0.3) is 5.56 Å². The number of likely N-dealkylation sites (tertiary alicyclic amines) is 1. The quantitative estimate of drug-likeness (QED) is 0.115. The number of allylic oxidation sites excluding steroid dienone is 1. The second-order valence-corrected chi connectivity index (χ2v) is 9.26. The minimum Gasteiger partial charge on any atom is -0.479 e. The number of nitrogens with zero attached hydrogens (tertiary/aromatic N) is 2. The first kappa shape index (κ1) is 31.4. The molecule has 0 spiro atoms.